The standard InChI is InChI=1S/C17H31N3/c1-4-19-17(13-18)9-5-6-16(17)8-11-20-10-7-15(12-20)14(2)3/h14-16,19H,4-12H2,1-3H3. The van der Waals surface area contributed by atoms with Gasteiger partial charge in [0, 0.05) is 6.54 Å². The molecule has 3 unspecified atom stereocenters. The molecule has 0 radical (unpaired) electrons. The monoisotopic (exact) mass is 277 g/mol. The molecule has 1 aliphatic heterocycles. The van der Waals surface area contributed by atoms with Crippen molar-refractivity contribution in [2.45, 2.75) is 58.4 Å². The third-order valence-corrected chi connectivity index (χ3v) is 5.56. The number of nitrogens with zero attached hydrogens (tertiary/aromatic N) is 2. The van der Waals surface area contributed by atoms with Gasteiger partial charge < -0.3 is 4.90 Å². The fraction of sp³-hybridized carbons (Fsp3) is 0.941. The number of hydrogen-bond donors (Lipinski definition) is 1. The van der Waals surface area contributed by atoms with Crippen LogP contribution < -0.4 is 5.32 Å². The lowest BCUT2D eigenvalue weighted by Crippen LogP contribution is -2.47. The Morgan fingerprint density at radius 3 is 2.80 bits per heavy atom. The van der Waals surface area contributed by atoms with Crippen molar-refractivity contribution >= 4 is 0 Å². The lowest BCUT2D eigenvalue weighted by atomic mass is 9.85. The summed E-state index contributed by atoms with van der Waals surface area (Å²) < 4.78 is 0. The molecule has 0 amide bonds. The van der Waals surface area contributed by atoms with Crippen LogP contribution in [0, 0.1) is 29.1 Å². The van der Waals surface area contributed by atoms with E-state index in [1.807, 2.05) is 0 Å². The second kappa shape index (κ2) is 6.91. The van der Waals surface area contributed by atoms with Gasteiger partial charge in [-0.1, -0.05) is 27.2 Å². The molecule has 1 aliphatic carbocycles. The van der Waals surface area contributed by atoms with E-state index in [0.29, 0.717) is 5.92 Å². The molecule has 0 bridgehead atoms. The van der Waals surface area contributed by atoms with E-state index in [9.17, 15) is 5.26 Å². The fourth-order valence-corrected chi connectivity index (χ4v) is 4.15. The van der Waals surface area contributed by atoms with E-state index in [4.69, 9.17) is 0 Å². The molecular formula is C17H31N3. The van der Waals surface area contributed by atoms with Gasteiger partial charge in [-0.25, -0.2) is 0 Å². The number of nitrogens with one attached hydrogen (secondary N) is 1. The van der Waals surface area contributed by atoms with Crippen molar-refractivity contribution in [2.75, 3.05) is 26.2 Å². The average molecular weight is 277 g/mol. The van der Waals surface area contributed by atoms with Gasteiger partial charge in [0.15, 0.2) is 0 Å². The van der Waals surface area contributed by atoms with Crippen LogP contribution in [0.3, 0.4) is 0 Å². The molecule has 114 valence electrons. The van der Waals surface area contributed by atoms with Crippen molar-refractivity contribution in [3.63, 3.8) is 0 Å². The first-order valence-electron chi connectivity index (χ1n) is 8.50. The van der Waals surface area contributed by atoms with Gasteiger partial charge >= 0.3 is 0 Å². The van der Waals surface area contributed by atoms with E-state index in [2.05, 4.69) is 37.1 Å². The molecule has 0 aromatic heterocycles. The molecule has 3 heteroatoms. The van der Waals surface area contributed by atoms with Gasteiger partial charge in [-0.15, -0.1) is 0 Å². The second-order valence-corrected chi connectivity index (χ2v) is 7.08. The first-order valence-corrected chi connectivity index (χ1v) is 8.50. The fourth-order valence-electron chi connectivity index (χ4n) is 4.15. The van der Waals surface area contributed by atoms with Gasteiger partial charge in [0.05, 0.1) is 6.07 Å². The summed E-state index contributed by atoms with van der Waals surface area (Å²) in [7, 11) is 0. The van der Waals surface area contributed by atoms with E-state index in [0.717, 1.165) is 24.8 Å². The maximum absolute atomic E-state index is 9.60. The maximum atomic E-state index is 9.60. The molecule has 20 heavy (non-hydrogen) atoms. The van der Waals surface area contributed by atoms with Crippen LogP contribution in [0.2, 0.25) is 0 Å². The molecule has 1 saturated heterocycles. The topological polar surface area (TPSA) is 39.1 Å². The van der Waals surface area contributed by atoms with Crippen molar-refractivity contribution in [1.29, 1.82) is 5.26 Å². The Morgan fingerprint density at radius 2 is 2.20 bits per heavy atom. The molecule has 1 N–H and O–H groups in total. The number of nitriles is 1. The molecule has 1 saturated carbocycles. The van der Waals surface area contributed by atoms with Gasteiger partial charge in [-0.2, -0.15) is 5.26 Å². The van der Waals surface area contributed by atoms with Gasteiger partial charge in [-0.05, 0) is 63.1 Å². The van der Waals surface area contributed by atoms with Gasteiger partial charge in [0.2, 0.25) is 0 Å². The minimum Gasteiger partial charge on any atom is -0.303 e. The quantitative estimate of drug-likeness (QED) is 0.811. The number of rotatable bonds is 6. The smallest absolute Gasteiger partial charge is 0.109 e. The number of hydrogen-bond acceptors (Lipinski definition) is 3. The van der Waals surface area contributed by atoms with Crippen molar-refractivity contribution in [3.8, 4) is 6.07 Å². The summed E-state index contributed by atoms with van der Waals surface area (Å²) in [5, 5.41) is 13.1. The van der Waals surface area contributed by atoms with Crippen molar-refractivity contribution in [3.05, 3.63) is 0 Å². The molecular weight excluding hydrogens is 246 g/mol. The summed E-state index contributed by atoms with van der Waals surface area (Å²) in [6, 6.07) is 2.60. The highest BCUT2D eigenvalue weighted by molar-refractivity contribution is 5.14. The highest BCUT2D eigenvalue weighted by Gasteiger charge is 2.42. The summed E-state index contributed by atoms with van der Waals surface area (Å²) >= 11 is 0. The van der Waals surface area contributed by atoms with E-state index < -0.39 is 0 Å². The van der Waals surface area contributed by atoms with Gasteiger partial charge in [0.1, 0.15) is 5.54 Å². The Bertz CT molecular complexity index is 347. The van der Waals surface area contributed by atoms with Crippen LogP contribution in [0.25, 0.3) is 0 Å². The van der Waals surface area contributed by atoms with E-state index in [1.165, 1.54) is 45.3 Å². The predicted octanol–water partition coefficient (Wildman–Crippen LogP) is 3.03. The first-order chi connectivity index (χ1) is 9.61. The van der Waals surface area contributed by atoms with Gasteiger partial charge in [-0.3, -0.25) is 5.32 Å². The molecule has 3 atom stereocenters. The van der Waals surface area contributed by atoms with E-state index in [1.54, 1.807) is 0 Å². The van der Waals surface area contributed by atoms with Crippen molar-refractivity contribution in [1.82, 2.24) is 10.2 Å². The zero-order valence-electron chi connectivity index (χ0n) is 13.5. The van der Waals surface area contributed by atoms with Crippen LogP contribution in [-0.2, 0) is 0 Å². The molecule has 1 heterocycles. The van der Waals surface area contributed by atoms with Crippen LogP contribution in [0.4, 0.5) is 0 Å². The molecule has 2 rings (SSSR count). The Balaban J connectivity index is 1.83. The molecule has 3 nitrogen and oxygen atoms in total. The second-order valence-electron chi connectivity index (χ2n) is 7.08. The van der Waals surface area contributed by atoms with Crippen molar-refractivity contribution in [2.24, 2.45) is 17.8 Å². The van der Waals surface area contributed by atoms with E-state index in [-0.39, 0.29) is 5.54 Å². The lowest BCUT2D eigenvalue weighted by Gasteiger charge is -2.31. The first kappa shape index (κ1) is 15.8. The van der Waals surface area contributed by atoms with Crippen LogP contribution in [0.1, 0.15) is 52.9 Å². The molecule has 0 aromatic carbocycles. The Hall–Kier alpha value is -0.590. The molecule has 0 aromatic rings. The Morgan fingerprint density at radius 1 is 1.40 bits per heavy atom. The zero-order valence-corrected chi connectivity index (χ0v) is 13.5. The van der Waals surface area contributed by atoms with Crippen LogP contribution in [0.5, 0.6) is 0 Å². The highest BCUT2D eigenvalue weighted by atomic mass is 15.1. The SMILES string of the molecule is CCNC1(C#N)CCCC1CCN1CCC(C(C)C)C1. The lowest BCUT2D eigenvalue weighted by molar-refractivity contribution is 0.242. The predicted molar refractivity (Wildman–Crippen MR) is 83.4 cm³/mol. The van der Waals surface area contributed by atoms with Crippen LogP contribution in [-0.4, -0.2) is 36.6 Å². The summed E-state index contributed by atoms with van der Waals surface area (Å²) in [5.41, 5.74) is -0.230. The summed E-state index contributed by atoms with van der Waals surface area (Å²) in [6.07, 6.45) is 6.02. The largest absolute Gasteiger partial charge is 0.303 e. The van der Waals surface area contributed by atoms with Crippen LogP contribution in [0.15, 0.2) is 0 Å². The van der Waals surface area contributed by atoms with Crippen LogP contribution >= 0.6 is 0 Å². The van der Waals surface area contributed by atoms with E-state index >= 15 is 0 Å². The van der Waals surface area contributed by atoms with Crippen molar-refractivity contribution < 1.29 is 0 Å². The minimum atomic E-state index is -0.230. The highest BCUT2D eigenvalue weighted by Crippen LogP contribution is 2.38. The minimum absolute atomic E-state index is 0.230. The Kier molecular flexibility index (Phi) is 5.46. The summed E-state index contributed by atoms with van der Waals surface area (Å²) in [5.74, 6) is 2.24. The molecule has 0 spiro atoms. The third kappa shape index (κ3) is 3.35. The average Bonchev–Trinajstić information content (AvgIpc) is 3.04. The zero-order chi connectivity index (χ0) is 14.6. The summed E-state index contributed by atoms with van der Waals surface area (Å²) in [4.78, 5) is 2.62. The van der Waals surface area contributed by atoms with Gasteiger partial charge in [0.25, 0.3) is 0 Å². The number of likely N-dealkylation sites (tertiary alicyclic amines) is 1. The maximum Gasteiger partial charge on any atom is 0.109 e. The molecule has 2 fully saturated rings. The Labute approximate surface area is 124 Å². The normalized spacial score (nSPS) is 34.8. The molecule has 2 aliphatic rings. The third-order valence-electron chi connectivity index (χ3n) is 5.56. The summed E-state index contributed by atoms with van der Waals surface area (Å²) in [6.45, 7) is 11.4.